The first kappa shape index (κ1) is 25.8. The Bertz CT molecular complexity index is 787. The maximum absolute atomic E-state index is 5.71. The SMILES string of the molecule is CCNC(=NCc1ccnc(OC)c1)NCCc1ccc(OCC)c(OCC)c1.I. The van der Waals surface area contributed by atoms with Crippen LogP contribution >= 0.6 is 24.0 Å². The van der Waals surface area contributed by atoms with Gasteiger partial charge in [-0.1, -0.05) is 6.07 Å². The summed E-state index contributed by atoms with van der Waals surface area (Å²) < 4.78 is 16.5. The predicted octanol–water partition coefficient (Wildman–Crippen LogP) is 3.80. The Morgan fingerprint density at radius 1 is 0.967 bits per heavy atom. The van der Waals surface area contributed by atoms with Crippen molar-refractivity contribution < 1.29 is 14.2 Å². The number of rotatable bonds is 11. The van der Waals surface area contributed by atoms with E-state index < -0.39 is 0 Å². The number of hydrogen-bond acceptors (Lipinski definition) is 5. The number of pyridine rings is 1. The monoisotopic (exact) mass is 528 g/mol. The summed E-state index contributed by atoms with van der Waals surface area (Å²) >= 11 is 0. The van der Waals surface area contributed by atoms with Gasteiger partial charge >= 0.3 is 0 Å². The lowest BCUT2D eigenvalue weighted by atomic mass is 10.1. The van der Waals surface area contributed by atoms with E-state index in [-0.39, 0.29) is 24.0 Å². The molecule has 0 radical (unpaired) electrons. The molecule has 0 amide bonds. The van der Waals surface area contributed by atoms with Gasteiger partial charge in [-0.3, -0.25) is 0 Å². The predicted molar refractivity (Wildman–Crippen MR) is 132 cm³/mol. The number of aromatic nitrogens is 1. The highest BCUT2D eigenvalue weighted by atomic mass is 127. The summed E-state index contributed by atoms with van der Waals surface area (Å²) in [7, 11) is 1.61. The quantitative estimate of drug-likeness (QED) is 0.263. The first-order valence-corrected chi connectivity index (χ1v) is 10.1. The van der Waals surface area contributed by atoms with Crippen molar-refractivity contribution in [1.29, 1.82) is 0 Å². The summed E-state index contributed by atoms with van der Waals surface area (Å²) in [6, 6.07) is 9.92. The van der Waals surface area contributed by atoms with Crippen molar-refractivity contribution in [1.82, 2.24) is 15.6 Å². The van der Waals surface area contributed by atoms with Crippen LogP contribution in [0.1, 0.15) is 31.9 Å². The number of nitrogens with zero attached hydrogens (tertiary/aromatic N) is 2. The van der Waals surface area contributed by atoms with Gasteiger partial charge in [0.15, 0.2) is 17.5 Å². The molecule has 1 heterocycles. The fraction of sp³-hybridized carbons (Fsp3) is 0.455. The Morgan fingerprint density at radius 3 is 2.43 bits per heavy atom. The number of aliphatic imine (C=N–C) groups is 1. The number of hydrogen-bond donors (Lipinski definition) is 2. The van der Waals surface area contributed by atoms with Crippen LogP contribution in [0.2, 0.25) is 0 Å². The fourth-order valence-electron chi connectivity index (χ4n) is 2.75. The zero-order chi connectivity index (χ0) is 20.9. The maximum atomic E-state index is 5.71. The van der Waals surface area contributed by atoms with Gasteiger partial charge in [0.05, 0.1) is 26.9 Å². The van der Waals surface area contributed by atoms with Crippen LogP contribution in [0.25, 0.3) is 0 Å². The van der Waals surface area contributed by atoms with E-state index in [1.54, 1.807) is 13.3 Å². The molecule has 7 nitrogen and oxygen atoms in total. The van der Waals surface area contributed by atoms with Gasteiger partial charge < -0.3 is 24.8 Å². The summed E-state index contributed by atoms with van der Waals surface area (Å²) in [5.74, 6) is 2.95. The molecular formula is C22H33IN4O3. The first-order chi connectivity index (χ1) is 14.2. The van der Waals surface area contributed by atoms with E-state index >= 15 is 0 Å². The number of halogens is 1. The molecule has 0 aliphatic carbocycles. The lowest BCUT2D eigenvalue weighted by Crippen LogP contribution is -2.38. The highest BCUT2D eigenvalue weighted by molar-refractivity contribution is 14.0. The molecule has 2 rings (SSSR count). The lowest BCUT2D eigenvalue weighted by molar-refractivity contribution is 0.287. The molecule has 2 N–H and O–H groups in total. The molecule has 0 aliphatic rings. The molecule has 8 heteroatoms. The van der Waals surface area contributed by atoms with E-state index in [0.717, 1.165) is 42.5 Å². The highest BCUT2D eigenvalue weighted by Gasteiger charge is 2.06. The maximum Gasteiger partial charge on any atom is 0.213 e. The van der Waals surface area contributed by atoms with Gasteiger partial charge in [0.25, 0.3) is 0 Å². The largest absolute Gasteiger partial charge is 0.490 e. The Labute approximate surface area is 196 Å². The summed E-state index contributed by atoms with van der Waals surface area (Å²) in [6.45, 7) is 9.32. The topological polar surface area (TPSA) is 77.0 Å². The summed E-state index contributed by atoms with van der Waals surface area (Å²) in [6.07, 6.45) is 2.58. The van der Waals surface area contributed by atoms with Gasteiger partial charge in [0.1, 0.15) is 0 Å². The van der Waals surface area contributed by atoms with Gasteiger partial charge in [-0.15, -0.1) is 24.0 Å². The smallest absolute Gasteiger partial charge is 0.213 e. The summed E-state index contributed by atoms with van der Waals surface area (Å²) in [5, 5.41) is 6.65. The van der Waals surface area contributed by atoms with Crippen LogP contribution < -0.4 is 24.8 Å². The van der Waals surface area contributed by atoms with Gasteiger partial charge in [-0.05, 0) is 56.5 Å². The molecule has 1 aromatic carbocycles. The molecular weight excluding hydrogens is 495 g/mol. The van der Waals surface area contributed by atoms with E-state index in [0.29, 0.717) is 25.6 Å². The molecule has 0 spiro atoms. The minimum Gasteiger partial charge on any atom is -0.490 e. The van der Waals surface area contributed by atoms with Crippen molar-refractivity contribution in [2.24, 2.45) is 4.99 Å². The Hall–Kier alpha value is -2.23. The minimum absolute atomic E-state index is 0. The average Bonchev–Trinajstić information content (AvgIpc) is 2.74. The van der Waals surface area contributed by atoms with Gasteiger partial charge in [0.2, 0.25) is 5.88 Å². The molecule has 166 valence electrons. The van der Waals surface area contributed by atoms with E-state index in [4.69, 9.17) is 14.2 Å². The van der Waals surface area contributed by atoms with Crippen LogP contribution in [-0.2, 0) is 13.0 Å². The van der Waals surface area contributed by atoms with Crippen LogP contribution in [0, 0.1) is 0 Å². The van der Waals surface area contributed by atoms with Crippen molar-refractivity contribution in [3.63, 3.8) is 0 Å². The average molecular weight is 528 g/mol. The fourth-order valence-corrected chi connectivity index (χ4v) is 2.75. The second kappa shape index (κ2) is 14.7. The first-order valence-electron chi connectivity index (χ1n) is 10.1. The van der Waals surface area contributed by atoms with Crippen LogP contribution in [0.5, 0.6) is 17.4 Å². The van der Waals surface area contributed by atoms with E-state index in [2.05, 4.69) is 26.7 Å². The second-order valence-electron chi connectivity index (χ2n) is 6.23. The van der Waals surface area contributed by atoms with Gasteiger partial charge in [0, 0.05) is 25.4 Å². The van der Waals surface area contributed by atoms with Crippen molar-refractivity contribution >= 4 is 29.9 Å². The van der Waals surface area contributed by atoms with E-state index in [1.165, 1.54) is 5.56 Å². The molecule has 2 aromatic rings. The molecule has 0 unspecified atom stereocenters. The normalized spacial score (nSPS) is 10.7. The Balaban J connectivity index is 0.00000450. The van der Waals surface area contributed by atoms with Crippen molar-refractivity contribution in [3.05, 3.63) is 47.7 Å². The zero-order valence-corrected chi connectivity index (χ0v) is 20.6. The van der Waals surface area contributed by atoms with Crippen molar-refractivity contribution in [2.45, 2.75) is 33.7 Å². The minimum atomic E-state index is 0. The molecule has 0 saturated heterocycles. The number of benzene rings is 1. The summed E-state index contributed by atoms with van der Waals surface area (Å²) in [4.78, 5) is 8.76. The van der Waals surface area contributed by atoms with Crippen molar-refractivity contribution in [3.8, 4) is 17.4 Å². The van der Waals surface area contributed by atoms with Crippen LogP contribution in [-0.4, -0.2) is 44.4 Å². The van der Waals surface area contributed by atoms with Crippen molar-refractivity contribution in [2.75, 3.05) is 33.4 Å². The van der Waals surface area contributed by atoms with Gasteiger partial charge in [-0.25, -0.2) is 9.98 Å². The number of ether oxygens (including phenoxy) is 3. The summed E-state index contributed by atoms with van der Waals surface area (Å²) in [5.41, 5.74) is 2.22. The van der Waals surface area contributed by atoms with E-state index in [1.807, 2.05) is 45.0 Å². The molecule has 30 heavy (non-hydrogen) atoms. The third-order valence-corrected chi connectivity index (χ3v) is 4.09. The third kappa shape index (κ3) is 8.64. The molecule has 0 fully saturated rings. The zero-order valence-electron chi connectivity index (χ0n) is 18.2. The Kier molecular flexibility index (Phi) is 12.6. The number of nitrogens with one attached hydrogen (secondary N) is 2. The molecule has 0 atom stereocenters. The Morgan fingerprint density at radius 2 is 1.73 bits per heavy atom. The number of methoxy groups -OCH3 is 1. The van der Waals surface area contributed by atoms with Crippen LogP contribution in [0.15, 0.2) is 41.5 Å². The molecule has 0 aliphatic heterocycles. The standard InChI is InChI=1S/C22H32N4O3.HI/c1-5-23-22(26-16-18-11-12-24-21(15-18)27-4)25-13-10-17-8-9-19(28-6-2)20(14-17)29-7-3;/h8-9,11-12,14-15H,5-7,10,13,16H2,1-4H3,(H2,23,25,26);1H. The van der Waals surface area contributed by atoms with Crippen LogP contribution in [0.4, 0.5) is 0 Å². The molecule has 1 aromatic heterocycles. The molecule has 0 bridgehead atoms. The van der Waals surface area contributed by atoms with E-state index in [9.17, 15) is 0 Å². The lowest BCUT2D eigenvalue weighted by Gasteiger charge is -2.14. The third-order valence-electron chi connectivity index (χ3n) is 4.09. The second-order valence-corrected chi connectivity index (χ2v) is 6.23. The van der Waals surface area contributed by atoms with Crippen LogP contribution in [0.3, 0.4) is 0 Å². The molecule has 0 saturated carbocycles. The highest BCUT2D eigenvalue weighted by Crippen LogP contribution is 2.28. The number of guanidine groups is 1. The van der Waals surface area contributed by atoms with Gasteiger partial charge in [-0.2, -0.15) is 0 Å².